The molecule has 5 heteroatoms. The molecule has 0 bridgehead atoms. The molecule has 5 nitrogen and oxygen atoms in total. The number of aliphatic imine (C=N–C) groups is 1. The molecule has 0 radical (unpaired) electrons. The molecular formula is C16H29N3O2. The van der Waals surface area contributed by atoms with Crippen LogP contribution in [-0.4, -0.2) is 42.6 Å². The monoisotopic (exact) mass is 295 g/mol. The van der Waals surface area contributed by atoms with Crippen LogP contribution >= 0.6 is 0 Å². The fourth-order valence-electron chi connectivity index (χ4n) is 3.33. The van der Waals surface area contributed by atoms with Gasteiger partial charge in [-0.25, -0.2) is 4.99 Å². The molecule has 1 heterocycles. The second-order valence-electron chi connectivity index (χ2n) is 6.12. The molecule has 1 amide bonds. The zero-order chi connectivity index (χ0) is 15.1. The predicted octanol–water partition coefficient (Wildman–Crippen LogP) is 2.30. The van der Waals surface area contributed by atoms with Gasteiger partial charge in [-0.15, -0.1) is 0 Å². The molecule has 0 aromatic rings. The minimum absolute atomic E-state index is 0.0832. The van der Waals surface area contributed by atoms with Gasteiger partial charge in [0.15, 0.2) is 5.96 Å². The molecule has 1 aliphatic heterocycles. The lowest BCUT2D eigenvalue weighted by Crippen LogP contribution is -2.40. The van der Waals surface area contributed by atoms with Crippen LogP contribution in [0.1, 0.15) is 58.3 Å². The standard InChI is InChI=1S/C16H29N3O2/c1-2-21-12-6-11-19-15(20)14(18-16(19)17)10-9-13-7-4-3-5-8-13/h13-14H,2-12H2,1H3,(H2,17,18). The number of nitrogens with zero attached hydrogens (tertiary/aromatic N) is 2. The van der Waals surface area contributed by atoms with Gasteiger partial charge in [-0.1, -0.05) is 32.1 Å². The second kappa shape index (κ2) is 8.37. The third-order valence-corrected chi connectivity index (χ3v) is 4.56. The number of carbonyl (C=O) groups excluding carboxylic acids is 1. The van der Waals surface area contributed by atoms with Crippen molar-refractivity contribution < 1.29 is 9.53 Å². The van der Waals surface area contributed by atoms with Crippen molar-refractivity contribution in [3.63, 3.8) is 0 Å². The molecule has 1 unspecified atom stereocenters. The van der Waals surface area contributed by atoms with Crippen LogP contribution in [0.3, 0.4) is 0 Å². The van der Waals surface area contributed by atoms with Crippen LogP contribution in [0.5, 0.6) is 0 Å². The Kier molecular flexibility index (Phi) is 6.49. The average Bonchev–Trinajstić information content (AvgIpc) is 2.77. The largest absolute Gasteiger partial charge is 0.382 e. The maximum absolute atomic E-state index is 12.3. The fourth-order valence-corrected chi connectivity index (χ4v) is 3.33. The highest BCUT2D eigenvalue weighted by atomic mass is 16.5. The molecule has 1 saturated carbocycles. The lowest BCUT2D eigenvalue weighted by molar-refractivity contribution is -0.127. The van der Waals surface area contributed by atoms with E-state index in [1.807, 2.05) is 6.92 Å². The van der Waals surface area contributed by atoms with Gasteiger partial charge in [0.2, 0.25) is 0 Å². The third kappa shape index (κ3) is 4.70. The number of hydrogen-bond donors (Lipinski definition) is 1. The number of amides is 1. The van der Waals surface area contributed by atoms with Crippen LogP contribution in [0.25, 0.3) is 0 Å². The van der Waals surface area contributed by atoms with Gasteiger partial charge in [0, 0.05) is 19.8 Å². The van der Waals surface area contributed by atoms with Crippen molar-refractivity contribution in [2.24, 2.45) is 16.6 Å². The smallest absolute Gasteiger partial charge is 0.254 e. The van der Waals surface area contributed by atoms with E-state index in [9.17, 15) is 4.79 Å². The average molecular weight is 295 g/mol. The second-order valence-corrected chi connectivity index (χ2v) is 6.12. The van der Waals surface area contributed by atoms with Gasteiger partial charge in [-0.2, -0.15) is 0 Å². The predicted molar refractivity (Wildman–Crippen MR) is 84.0 cm³/mol. The van der Waals surface area contributed by atoms with E-state index in [0.717, 1.165) is 25.2 Å². The van der Waals surface area contributed by atoms with Crippen LogP contribution in [0, 0.1) is 5.92 Å². The summed E-state index contributed by atoms with van der Waals surface area (Å²) in [6.07, 6.45) is 9.47. The molecule has 1 aliphatic carbocycles. The van der Waals surface area contributed by atoms with Gasteiger partial charge >= 0.3 is 0 Å². The fraction of sp³-hybridized carbons (Fsp3) is 0.875. The van der Waals surface area contributed by atoms with Gasteiger partial charge in [0.1, 0.15) is 6.04 Å². The Labute approximate surface area is 127 Å². The molecule has 120 valence electrons. The molecule has 1 fully saturated rings. The van der Waals surface area contributed by atoms with Gasteiger partial charge in [-0.3, -0.25) is 9.69 Å². The SMILES string of the molecule is CCOCCCN1C(=O)C(CCC2CCCCC2)N=C1N. The van der Waals surface area contributed by atoms with Crippen LogP contribution in [0.4, 0.5) is 0 Å². The molecule has 2 rings (SSSR count). The molecule has 2 N–H and O–H groups in total. The minimum atomic E-state index is -0.237. The Morgan fingerprint density at radius 2 is 2.05 bits per heavy atom. The maximum atomic E-state index is 12.3. The topological polar surface area (TPSA) is 67.9 Å². The number of guanidine groups is 1. The van der Waals surface area contributed by atoms with Crippen molar-refractivity contribution in [2.75, 3.05) is 19.8 Å². The minimum Gasteiger partial charge on any atom is -0.382 e. The Morgan fingerprint density at radius 1 is 1.29 bits per heavy atom. The normalized spacial score (nSPS) is 23.7. The number of ether oxygens (including phenoxy) is 1. The Morgan fingerprint density at radius 3 is 2.76 bits per heavy atom. The van der Waals surface area contributed by atoms with E-state index in [0.29, 0.717) is 25.7 Å². The van der Waals surface area contributed by atoms with Crippen molar-refractivity contribution in [3.8, 4) is 0 Å². The summed E-state index contributed by atoms with van der Waals surface area (Å²) in [4.78, 5) is 18.3. The van der Waals surface area contributed by atoms with E-state index in [1.165, 1.54) is 32.1 Å². The molecular weight excluding hydrogens is 266 g/mol. The number of hydrogen-bond acceptors (Lipinski definition) is 4. The van der Waals surface area contributed by atoms with Crippen molar-refractivity contribution >= 4 is 11.9 Å². The van der Waals surface area contributed by atoms with Gasteiger partial charge in [0.25, 0.3) is 5.91 Å². The molecule has 0 spiro atoms. The van der Waals surface area contributed by atoms with Crippen LogP contribution in [0.2, 0.25) is 0 Å². The summed E-state index contributed by atoms with van der Waals surface area (Å²) in [6, 6.07) is -0.237. The van der Waals surface area contributed by atoms with E-state index in [-0.39, 0.29) is 11.9 Å². The first-order valence-electron chi connectivity index (χ1n) is 8.44. The molecule has 0 aromatic carbocycles. The molecule has 1 atom stereocenters. The Balaban J connectivity index is 1.73. The summed E-state index contributed by atoms with van der Waals surface area (Å²) in [5.41, 5.74) is 5.90. The van der Waals surface area contributed by atoms with Crippen LogP contribution in [0.15, 0.2) is 4.99 Å². The molecule has 0 saturated heterocycles. The highest BCUT2D eigenvalue weighted by molar-refractivity contribution is 6.04. The lowest BCUT2D eigenvalue weighted by Gasteiger charge is -2.22. The Bertz CT molecular complexity index is 365. The lowest BCUT2D eigenvalue weighted by atomic mass is 9.85. The van der Waals surface area contributed by atoms with E-state index >= 15 is 0 Å². The van der Waals surface area contributed by atoms with Gasteiger partial charge in [-0.05, 0) is 32.1 Å². The van der Waals surface area contributed by atoms with Crippen molar-refractivity contribution in [1.29, 1.82) is 0 Å². The first kappa shape index (κ1) is 16.3. The summed E-state index contributed by atoms with van der Waals surface area (Å²) in [5.74, 6) is 1.26. The number of nitrogens with two attached hydrogens (primary N) is 1. The molecule has 0 aromatic heterocycles. The zero-order valence-electron chi connectivity index (χ0n) is 13.2. The van der Waals surface area contributed by atoms with Crippen LogP contribution in [-0.2, 0) is 9.53 Å². The summed E-state index contributed by atoms with van der Waals surface area (Å²) >= 11 is 0. The quantitative estimate of drug-likeness (QED) is 0.699. The van der Waals surface area contributed by atoms with Crippen molar-refractivity contribution in [2.45, 2.75) is 64.3 Å². The maximum Gasteiger partial charge on any atom is 0.254 e. The first-order valence-corrected chi connectivity index (χ1v) is 8.44. The third-order valence-electron chi connectivity index (χ3n) is 4.56. The summed E-state index contributed by atoms with van der Waals surface area (Å²) in [6.45, 7) is 3.97. The van der Waals surface area contributed by atoms with E-state index in [1.54, 1.807) is 4.90 Å². The summed E-state index contributed by atoms with van der Waals surface area (Å²) in [5, 5.41) is 0. The molecule has 2 aliphatic rings. The first-order chi connectivity index (χ1) is 10.2. The van der Waals surface area contributed by atoms with E-state index in [4.69, 9.17) is 10.5 Å². The Hall–Kier alpha value is -1.10. The summed E-state index contributed by atoms with van der Waals surface area (Å²) in [7, 11) is 0. The number of rotatable bonds is 8. The summed E-state index contributed by atoms with van der Waals surface area (Å²) < 4.78 is 5.30. The van der Waals surface area contributed by atoms with Crippen molar-refractivity contribution in [1.82, 2.24) is 4.90 Å². The highest BCUT2D eigenvalue weighted by Gasteiger charge is 2.32. The van der Waals surface area contributed by atoms with Crippen LogP contribution < -0.4 is 5.73 Å². The highest BCUT2D eigenvalue weighted by Crippen LogP contribution is 2.29. The zero-order valence-corrected chi connectivity index (χ0v) is 13.2. The van der Waals surface area contributed by atoms with Gasteiger partial charge < -0.3 is 10.5 Å². The van der Waals surface area contributed by atoms with E-state index in [2.05, 4.69) is 4.99 Å². The van der Waals surface area contributed by atoms with Gasteiger partial charge in [0.05, 0.1) is 0 Å². The molecule has 21 heavy (non-hydrogen) atoms. The van der Waals surface area contributed by atoms with Crippen molar-refractivity contribution in [3.05, 3.63) is 0 Å². The number of carbonyl (C=O) groups is 1. The van der Waals surface area contributed by atoms with E-state index < -0.39 is 0 Å².